The number of hydrogen-bond donors (Lipinski definition) is 2. The van der Waals surface area contributed by atoms with Crippen molar-refractivity contribution in [2.45, 2.75) is 19.6 Å². The lowest BCUT2D eigenvalue weighted by atomic mass is 10.3. The Balaban J connectivity index is 1.86. The molecule has 1 fully saturated rings. The molecule has 8 heteroatoms. The molecule has 0 radical (unpaired) electrons. The fourth-order valence-electron chi connectivity index (χ4n) is 2.42. The molecule has 6 nitrogen and oxygen atoms in total. The van der Waals surface area contributed by atoms with Gasteiger partial charge >= 0.3 is 0 Å². The lowest BCUT2D eigenvalue weighted by Gasteiger charge is -2.28. The Bertz CT molecular complexity index is 643. The third-order valence-electron chi connectivity index (χ3n) is 3.43. The number of fused-ring (bicyclic) bond motifs is 1. The van der Waals surface area contributed by atoms with E-state index in [1.807, 2.05) is 6.07 Å². The SMILES string of the molecule is C[C@H](O)CNCc1cc2nc(Cl)nc(N3CCOCC3)c2s1. The summed E-state index contributed by atoms with van der Waals surface area (Å²) in [5, 5.41) is 12.8. The number of nitrogens with zero attached hydrogens (tertiary/aromatic N) is 3. The molecule has 0 aromatic carbocycles. The predicted molar refractivity (Wildman–Crippen MR) is 88.8 cm³/mol. The largest absolute Gasteiger partial charge is 0.392 e. The first-order chi connectivity index (χ1) is 10.6. The van der Waals surface area contributed by atoms with Crippen molar-refractivity contribution < 1.29 is 9.84 Å². The van der Waals surface area contributed by atoms with Crippen LogP contribution in [0.2, 0.25) is 5.28 Å². The van der Waals surface area contributed by atoms with Crippen LogP contribution in [0, 0.1) is 0 Å². The minimum absolute atomic E-state index is 0.273. The van der Waals surface area contributed by atoms with Gasteiger partial charge in [0.25, 0.3) is 0 Å². The molecule has 2 aromatic rings. The molecule has 0 saturated carbocycles. The smallest absolute Gasteiger partial charge is 0.224 e. The van der Waals surface area contributed by atoms with Crippen molar-refractivity contribution in [3.63, 3.8) is 0 Å². The summed E-state index contributed by atoms with van der Waals surface area (Å²) in [5.74, 6) is 0.894. The lowest BCUT2D eigenvalue weighted by Crippen LogP contribution is -2.36. The Morgan fingerprint density at radius 1 is 1.45 bits per heavy atom. The second-order valence-electron chi connectivity index (χ2n) is 5.32. The molecular weight excluding hydrogens is 324 g/mol. The Morgan fingerprint density at radius 2 is 2.23 bits per heavy atom. The van der Waals surface area contributed by atoms with Crippen molar-refractivity contribution in [3.05, 3.63) is 16.2 Å². The van der Waals surface area contributed by atoms with E-state index in [0.717, 1.165) is 34.0 Å². The van der Waals surface area contributed by atoms with E-state index in [2.05, 4.69) is 20.2 Å². The molecule has 0 unspecified atom stereocenters. The fourth-order valence-corrected chi connectivity index (χ4v) is 3.67. The van der Waals surface area contributed by atoms with Crippen LogP contribution in [0.15, 0.2) is 6.07 Å². The summed E-state index contributed by atoms with van der Waals surface area (Å²) in [6, 6.07) is 2.03. The highest BCUT2D eigenvalue weighted by atomic mass is 35.5. The number of morpholine rings is 1. The van der Waals surface area contributed by atoms with Crippen molar-refractivity contribution in [3.8, 4) is 0 Å². The second kappa shape index (κ2) is 7.06. The number of aliphatic hydroxyl groups is 1. The number of rotatable bonds is 5. The van der Waals surface area contributed by atoms with Gasteiger partial charge in [-0.2, -0.15) is 4.98 Å². The molecule has 1 saturated heterocycles. The average molecular weight is 343 g/mol. The minimum Gasteiger partial charge on any atom is -0.392 e. The van der Waals surface area contributed by atoms with E-state index in [1.54, 1.807) is 18.3 Å². The second-order valence-corrected chi connectivity index (χ2v) is 6.80. The van der Waals surface area contributed by atoms with Gasteiger partial charge in [-0.25, -0.2) is 4.98 Å². The Kier molecular flexibility index (Phi) is 5.10. The molecule has 2 N–H and O–H groups in total. The molecule has 1 aliphatic heterocycles. The number of ether oxygens (including phenoxy) is 1. The summed E-state index contributed by atoms with van der Waals surface area (Å²) in [4.78, 5) is 12.1. The average Bonchev–Trinajstić information content (AvgIpc) is 2.89. The zero-order valence-corrected chi connectivity index (χ0v) is 14.0. The summed E-state index contributed by atoms with van der Waals surface area (Å²) in [6.07, 6.45) is -0.354. The van der Waals surface area contributed by atoms with Crippen LogP contribution < -0.4 is 10.2 Å². The van der Waals surface area contributed by atoms with Crippen molar-refractivity contribution in [1.29, 1.82) is 0 Å². The zero-order valence-electron chi connectivity index (χ0n) is 12.4. The van der Waals surface area contributed by atoms with Crippen LogP contribution in [0.25, 0.3) is 10.2 Å². The van der Waals surface area contributed by atoms with Crippen molar-refractivity contribution in [1.82, 2.24) is 15.3 Å². The molecule has 3 heterocycles. The maximum Gasteiger partial charge on any atom is 0.224 e. The van der Waals surface area contributed by atoms with Crippen LogP contribution in [-0.2, 0) is 11.3 Å². The quantitative estimate of drug-likeness (QED) is 0.805. The number of aliphatic hydroxyl groups excluding tert-OH is 1. The highest BCUT2D eigenvalue weighted by Crippen LogP contribution is 2.33. The van der Waals surface area contributed by atoms with Gasteiger partial charge in [-0.1, -0.05) is 0 Å². The number of hydrogen-bond acceptors (Lipinski definition) is 7. The van der Waals surface area contributed by atoms with E-state index in [1.165, 1.54) is 0 Å². The molecular formula is C14H19ClN4O2S. The maximum atomic E-state index is 9.30. The van der Waals surface area contributed by atoms with E-state index in [4.69, 9.17) is 16.3 Å². The van der Waals surface area contributed by atoms with Gasteiger partial charge in [-0.05, 0) is 24.6 Å². The van der Waals surface area contributed by atoms with Crippen molar-refractivity contribution in [2.24, 2.45) is 0 Å². The van der Waals surface area contributed by atoms with Gasteiger partial charge in [0.05, 0.1) is 29.5 Å². The molecule has 120 valence electrons. The molecule has 3 rings (SSSR count). The Morgan fingerprint density at radius 3 is 2.95 bits per heavy atom. The van der Waals surface area contributed by atoms with Gasteiger partial charge in [0.2, 0.25) is 5.28 Å². The summed E-state index contributed by atoms with van der Waals surface area (Å²) < 4.78 is 6.45. The van der Waals surface area contributed by atoms with Crippen LogP contribution in [0.1, 0.15) is 11.8 Å². The first-order valence-electron chi connectivity index (χ1n) is 7.31. The van der Waals surface area contributed by atoms with Gasteiger partial charge in [-0.15, -0.1) is 11.3 Å². The van der Waals surface area contributed by atoms with E-state index >= 15 is 0 Å². The number of aromatic nitrogens is 2. The first-order valence-corrected chi connectivity index (χ1v) is 8.50. The molecule has 1 atom stereocenters. The minimum atomic E-state index is -0.354. The highest BCUT2D eigenvalue weighted by molar-refractivity contribution is 7.19. The van der Waals surface area contributed by atoms with Crippen LogP contribution in [0.4, 0.5) is 5.82 Å². The molecule has 22 heavy (non-hydrogen) atoms. The number of thiophene rings is 1. The Hall–Kier alpha value is -0.990. The zero-order chi connectivity index (χ0) is 15.5. The van der Waals surface area contributed by atoms with Crippen LogP contribution in [0.3, 0.4) is 0 Å². The van der Waals surface area contributed by atoms with Gasteiger partial charge in [-0.3, -0.25) is 0 Å². The molecule has 0 aliphatic carbocycles. The topological polar surface area (TPSA) is 70.5 Å². The predicted octanol–water partition coefficient (Wildman–Crippen LogP) is 1.65. The lowest BCUT2D eigenvalue weighted by molar-refractivity contribution is 0.122. The van der Waals surface area contributed by atoms with Crippen LogP contribution >= 0.6 is 22.9 Å². The van der Waals surface area contributed by atoms with E-state index in [9.17, 15) is 5.11 Å². The number of anilines is 1. The molecule has 2 aromatic heterocycles. The first kappa shape index (κ1) is 15.9. The van der Waals surface area contributed by atoms with Gasteiger partial charge < -0.3 is 20.1 Å². The molecule has 0 amide bonds. The van der Waals surface area contributed by atoms with Crippen molar-refractivity contribution >= 4 is 39.0 Å². The van der Waals surface area contributed by atoms with Crippen molar-refractivity contribution in [2.75, 3.05) is 37.7 Å². The van der Waals surface area contributed by atoms with E-state index < -0.39 is 0 Å². The third kappa shape index (κ3) is 3.67. The monoisotopic (exact) mass is 342 g/mol. The maximum absolute atomic E-state index is 9.30. The summed E-state index contributed by atoms with van der Waals surface area (Å²) in [6.45, 7) is 6.07. The molecule has 0 bridgehead atoms. The third-order valence-corrected chi connectivity index (χ3v) is 4.72. The van der Waals surface area contributed by atoms with Gasteiger partial charge in [0.1, 0.15) is 0 Å². The van der Waals surface area contributed by atoms with Gasteiger partial charge in [0.15, 0.2) is 5.82 Å². The van der Waals surface area contributed by atoms with Crippen LogP contribution in [0.5, 0.6) is 0 Å². The van der Waals surface area contributed by atoms with E-state index in [0.29, 0.717) is 26.3 Å². The van der Waals surface area contributed by atoms with Gasteiger partial charge in [0, 0.05) is 31.1 Å². The fraction of sp³-hybridized carbons (Fsp3) is 0.571. The van der Waals surface area contributed by atoms with E-state index in [-0.39, 0.29) is 11.4 Å². The number of nitrogens with one attached hydrogen (secondary N) is 1. The number of halogens is 1. The summed E-state index contributed by atoms with van der Waals surface area (Å²) in [7, 11) is 0. The molecule has 1 aliphatic rings. The highest BCUT2D eigenvalue weighted by Gasteiger charge is 2.19. The van der Waals surface area contributed by atoms with Crippen LogP contribution in [-0.4, -0.2) is 54.0 Å². The molecule has 0 spiro atoms. The summed E-state index contributed by atoms with van der Waals surface area (Å²) in [5.41, 5.74) is 0.875. The Labute approximate surface area is 138 Å². The standard InChI is InChI=1S/C14H19ClN4O2S/c1-9(20)7-16-8-10-6-11-12(22-10)13(18-14(15)17-11)19-2-4-21-5-3-19/h6,9,16,20H,2-5,7-8H2,1H3/t9-/m0/s1. The summed E-state index contributed by atoms with van der Waals surface area (Å²) >= 11 is 7.74. The normalized spacial score (nSPS) is 17.1.